The number of carbonyl (C=O) groups is 3. The van der Waals surface area contributed by atoms with E-state index in [2.05, 4.69) is 5.32 Å². The largest absolute Gasteiger partial charge is 0.466 e. The van der Waals surface area contributed by atoms with Gasteiger partial charge in [-0.25, -0.2) is 0 Å². The van der Waals surface area contributed by atoms with Crippen molar-refractivity contribution < 1.29 is 19.1 Å². The second-order valence-corrected chi connectivity index (χ2v) is 9.60. The number of ether oxygens (including phenoxy) is 1. The molecule has 1 unspecified atom stereocenters. The predicted molar refractivity (Wildman–Crippen MR) is 123 cm³/mol. The Labute approximate surface area is 194 Å². The Balaban J connectivity index is 1.57. The number of aromatic nitrogens is 1. The number of nitrogens with zero attached hydrogens (tertiary/aromatic N) is 2. The van der Waals surface area contributed by atoms with Gasteiger partial charge in [-0.2, -0.15) is 0 Å². The number of hydrogen-bond acceptors (Lipinski definition) is 5. The summed E-state index contributed by atoms with van der Waals surface area (Å²) >= 11 is 0. The fraction of sp³-hybridized carbons (Fsp3) is 0.680. The van der Waals surface area contributed by atoms with Crippen LogP contribution in [0.1, 0.15) is 97.9 Å². The summed E-state index contributed by atoms with van der Waals surface area (Å²) in [7, 11) is 0. The molecule has 0 radical (unpaired) electrons. The van der Waals surface area contributed by atoms with E-state index in [1.54, 1.807) is 24.2 Å². The second-order valence-electron chi connectivity index (χ2n) is 9.60. The molecule has 8 heteroatoms. The topological polar surface area (TPSA) is 97.7 Å². The van der Waals surface area contributed by atoms with E-state index in [0.717, 1.165) is 38.5 Å². The van der Waals surface area contributed by atoms with Crippen LogP contribution >= 0.6 is 0 Å². The molecule has 1 aromatic rings. The second kappa shape index (κ2) is 10.5. The fourth-order valence-corrected chi connectivity index (χ4v) is 4.97. The first-order valence-corrected chi connectivity index (χ1v) is 12.5. The van der Waals surface area contributed by atoms with Crippen molar-refractivity contribution in [2.75, 3.05) is 19.7 Å². The van der Waals surface area contributed by atoms with Crippen LogP contribution < -0.4 is 10.7 Å². The molecular formula is C25H35N3O5. The van der Waals surface area contributed by atoms with Crippen molar-refractivity contribution in [2.45, 2.75) is 83.2 Å². The molecule has 3 fully saturated rings. The third-order valence-corrected chi connectivity index (χ3v) is 7.01. The molecule has 1 aromatic heterocycles. The SMILES string of the molecule is CCOC(=O)C1CCCN(C(=O)c2cn(C3CC3)cc(C(=O)NC3CCCCCC3)c2=O)C1. The number of likely N-dealkylation sites (tertiary alicyclic amines) is 1. The predicted octanol–water partition coefficient (Wildman–Crippen LogP) is 3.05. The molecule has 1 aliphatic heterocycles. The summed E-state index contributed by atoms with van der Waals surface area (Å²) in [6, 6.07) is 0.288. The lowest BCUT2D eigenvalue weighted by Crippen LogP contribution is -2.45. The summed E-state index contributed by atoms with van der Waals surface area (Å²) in [4.78, 5) is 53.5. The fourth-order valence-electron chi connectivity index (χ4n) is 4.97. The van der Waals surface area contributed by atoms with Crippen molar-refractivity contribution in [1.29, 1.82) is 0 Å². The molecule has 0 spiro atoms. The van der Waals surface area contributed by atoms with Gasteiger partial charge in [0.05, 0.1) is 12.5 Å². The van der Waals surface area contributed by atoms with Crippen LogP contribution in [-0.2, 0) is 9.53 Å². The Bertz CT molecular complexity index is 944. The molecule has 1 atom stereocenters. The van der Waals surface area contributed by atoms with Gasteiger partial charge >= 0.3 is 5.97 Å². The maximum Gasteiger partial charge on any atom is 0.310 e. The number of amides is 2. The first-order valence-electron chi connectivity index (χ1n) is 12.5. The molecular weight excluding hydrogens is 422 g/mol. The van der Waals surface area contributed by atoms with Gasteiger partial charge in [-0.1, -0.05) is 25.7 Å². The van der Waals surface area contributed by atoms with Crippen molar-refractivity contribution >= 4 is 17.8 Å². The Morgan fingerprint density at radius 3 is 2.33 bits per heavy atom. The molecule has 4 rings (SSSR count). The van der Waals surface area contributed by atoms with E-state index in [0.29, 0.717) is 26.0 Å². The summed E-state index contributed by atoms with van der Waals surface area (Å²) in [5.41, 5.74) is -0.475. The van der Waals surface area contributed by atoms with E-state index in [-0.39, 0.29) is 47.5 Å². The summed E-state index contributed by atoms with van der Waals surface area (Å²) in [6.45, 7) is 2.78. The Morgan fingerprint density at radius 1 is 0.970 bits per heavy atom. The van der Waals surface area contributed by atoms with E-state index in [9.17, 15) is 19.2 Å². The molecule has 1 saturated heterocycles. The highest BCUT2D eigenvalue weighted by Crippen LogP contribution is 2.34. The maximum atomic E-state index is 13.4. The zero-order valence-corrected chi connectivity index (χ0v) is 19.5. The number of hydrogen-bond donors (Lipinski definition) is 1. The van der Waals surface area contributed by atoms with Gasteiger partial charge in [-0.05, 0) is 45.4 Å². The van der Waals surface area contributed by atoms with Crippen LogP contribution in [-0.4, -0.2) is 53.0 Å². The van der Waals surface area contributed by atoms with Crippen LogP contribution in [0.3, 0.4) is 0 Å². The van der Waals surface area contributed by atoms with Crippen LogP contribution in [0.15, 0.2) is 17.2 Å². The first kappa shape index (κ1) is 23.5. The summed E-state index contributed by atoms with van der Waals surface area (Å²) in [5.74, 6) is -1.48. The van der Waals surface area contributed by atoms with Gasteiger partial charge in [-0.3, -0.25) is 19.2 Å². The highest BCUT2D eigenvalue weighted by molar-refractivity contribution is 5.99. The van der Waals surface area contributed by atoms with Crippen molar-refractivity contribution in [3.05, 3.63) is 33.7 Å². The average molecular weight is 458 g/mol. The zero-order chi connectivity index (χ0) is 23.4. The van der Waals surface area contributed by atoms with Crippen molar-refractivity contribution in [1.82, 2.24) is 14.8 Å². The van der Waals surface area contributed by atoms with E-state index >= 15 is 0 Å². The molecule has 2 heterocycles. The maximum absolute atomic E-state index is 13.4. The van der Waals surface area contributed by atoms with Crippen molar-refractivity contribution in [2.24, 2.45) is 5.92 Å². The molecule has 2 aliphatic carbocycles. The summed E-state index contributed by atoms with van der Waals surface area (Å²) < 4.78 is 6.98. The highest BCUT2D eigenvalue weighted by Gasteiger charge is 2.33. The van der Waals surface area contributed by atoms with Gasteiger partial charge in [0.15, 0.2) is 0 Å². The van der Waals surface area contributed by atoms with Gasteiger partial charge in [0.1, 0.15) is 11.1 Å². The molecule has 8 nitrogen and oxygen atoms in total. The minimum absolute atomic E-state index is 0.0138. The number of pyridine rings is 1. The number of rotatable bonds is 6. The number of nitrogens with one attached hydrogen (secondary N) is 1. The van der Waals surface area contributed by atoms with E-state index < -0.39 is 11.3 Å². The van der Waals surface area contributed by atoms with E-state index in [4.69, 9.17) is 4.74 Å². The zero-order valence-electron chi connectivity index (χ0n) is 19.5. The van der Waals surface area contributed by atoms with Gasteiger partial charge in [0, 0.05) is 37.6 Å². The molecule has 1 N–H and O–H groups in total. The number of carbonyl (C=O) groups excluding carboxylic acids is 3. The number of esters is 1. The Morgan fingerprint density at radius 2 is 1.67 bits per heavy atom. The van der Waals surface area contributed by atoms with Gasteiger partial charge in [-0.15, -0.1) is 0 Å². The first-order chi connectivity index (χ1) is 16.0. The smallest absolute Gasteiger partial charge is 0.310 e. The van der Waals surface area contributed by atoms with Gasteiger partial charge in [0.2, 0.25) is 5.43 Å². The normalized spacial score (nSPS) is 21.8. The summed E-state index contributed by atoms with van der Waals surface area (Å²) in [6.07, 6.45) is 12.8. The van der Waals surface area contributed by atoms with E-state index in [1.807, 2.05) is 4.57 Å². The highest BCUT2D eigenvalue weighted by atomic mass is 16.5. The standard InChI is InChI=1S/C25H35N3O5/c1-2-33-25(32)17-8-7-13-27(14-17)24(31)21-16-28(19-11-12-19)15-20(22(21)29)23(30)26-18-9-5-3-4-6-10-18/h15-19H,2-14H2,1H3,(H,26,30). The van der Waals surface area contributed by atoms with Crippen molar-refractivity contribution in [3.63, 3.8) is 0 Å². The molecule has 0 bridgehead atoms. The monoisotopic (exact) mass is 457 g/mol. The molecule has 180 valence electrons. The quantitative estimate of drug-likeness (QED) is 0.523. The molecule has 3 aliphatic rings. The van der Waals surface area contributed by atoms with Crippen LogP contribution in [0, 0.1) is 5.92 Å². The van der Waals surface area contributed by atoms with Gasteiger partial charge < -0.3 is 19.5 Å². The van der Waals surface area contributed by atoms with E-state index in [1.165, 1.54) is 12.8 Å². The minimum atomic E-state index is -0.527. The third-order valence-electron chi connectivity index (χ3n) is 7.01. The third kappa shape index (κ3) is 5.65. The molecule has 2 amide bonds. The van der Waals surface area contributed by atoms with Crippen LogP contribution in [0.2, 0.25) is 0 Å². The Hall–Kier alpha value is -2.64. The van der Waals surface area contributed by atoms with Crippen molar-refractivity contribution in [3.8, 4) is 0 Å². The van der Waals surface area contributed by atoms with Crippen LogP contribution in [0.4, 0.5) is 0 Å². The number of piperidine rings is 1. The van der Waals surface area contributed by atoms with Gasteiger partial charge in [0.25, 0.3) is 11.8 Å². The lowest BCUT2D eigenvalue weighted by molar-refractivity contribution is -0.149. The molecule has 0 aromatic carbocycles. The molecule has 2 saturated carbocycles. The summed E-state index contributed by atoms with van der Waals surface area (Å²) in [5, 5.41) is 3.05. The Kier molecular flexibility index (Phi) is 7.50. The minimum Gasteiger partial charge on any atom is -0.466 e. The average Bonchev–Trinajstić information content (AvgIpc) is 3.67. The lowest BCUT2D eigenvalue weighted by Gasteiger charge is -2.31. The van der Waals surface area contributed by atoms with Crippen LogP contribution in [0.5, 0.6) is 0 Å². The van der Waals surface area contributed by atoms with Crippen LogP contribution in [0.25, 0.3) is 0 Å². The molecule has 33 heavy (non-hydrogen) atoms. The lowest BCUT2D eigenvalue weighted by atomic mass is 9.97.